The van der Waals surface area contributed by atoms with Crippen molar-refractivity contribution in [2.75, 3.05) is 30.6 Å². The van der Waals surface area contributed by atoms with Crippen molar-refractivity contribution in [3.05, 3.63) is 89.3 Å². The summed E-state index contributed by atoms with van der Waals surface area (Å²) in [4.78, 5) is 16.7. The first-order valence-corrected chi connectivity index (χ1v) is 19.7. The van der Waals surface area contributed by atoms with Gasteiger partial charge < -0.3 is 14.4 Å². The van der Waals surface area contributed by atoms with E-state index in [0.29, 0.717) is 34.3 Å². The third-order valence-electron chi connectivity index (χ3n) is 7.03. The molecule has 5 rings (SSSR count). The number of sulfonamides is 1. The number of amides is 1. The zero-order chi connectivity index (χ0) is 33.8. The molecule has 4 aromatic rings. The lowest BCUT2D eigenvalue weighted by Gasteiger charge is -2.19. The largest absolute Gasteiger partial charge is 0.497 e. The van der Waals surface area contributed by atoms with Crippen molar-refractivity contribution in [3.63, 3.8) is 0 Å². The van der Waals surface area contributed by atoms with E-state index in [1.807, 2.05) is 89.4 Å². The summed E-state index contributed by atoms with van der Waals surface area (Å²) in [5.41, 5.74) is 2.30. The molecular formula is C32H34N3O8S4+. The van der Waals surface area contributed by atoms with Crippen molar-refractivity contribution in [2.45, 2.75) is 36.1 Å². The normalized spacial score (nSPS) is 14.3. The van der Waals surface area contributed by atoms with Crippen LogP contribution in [0.1, 0.15) is 24.8 Å². The molecule has 0 radical (unpaired) electrons. The van der Waals surface area contributed by atoms with Crippen LogP contribution in [0.2, 0.25) is 0 Å². The van der Waals surface area contributed by atoms with Gasteiger partial charge in [-0.1, -0.05) is 48.2 Å². The molecule has 1 aliphatic rings. The fourth-order valence-corrected chi connectivity index (χ4v) is 7.90. The van der Waals surface area contributed by atoms with Crippen molar-refractivity contribution in [1.29, 1.82) is 0 Å². The van der Waals surface area contributed by atoms with Crippen LogP contribution in [0.4, 0.5) is 5.69 Å². The second-order valence-electron chi connectivity index (χ2n) is 10.7. The molecule has 0 atom stereocenters. The Kier molecular flexibility index (Phi) is 10.6. The van der Waals surface area contributed by atoms with Crippen molar-refractivity contribution in [3.8, 4) is 11.5 Å². The lowest BCUT2D eigenvalue weighted by Crippen LogP contribution is -2.45. The zero-order valence-electron chi connectivity index (χ0n) is 25.9. The van der Waals surface area contributed by atoms with E-state index in [9.17, 15) is 26.2 Å². The molecule has 3 aromatic carbocycles. The first kappa shape index (κ1) is 34.4. The first-order chi connectivity index (χ1) is 22.3. The maximum atomic E-state index is 12.7. The van der Waals surface area contributed by atoms with Crippen LogP contribution in [0.5, 0.6) is 11.5 Å². The molecule has 15 heteroatoms. The van der Waals surface area contributed by atoms with E-state index in [0.717, 1.165) is 32.0 Å². The molecular weight excluding hydrogens is 683 g/mol. The number of benzene rings is 3. The SMILES string of the molecule is CCC(/C=C1\Oc2ccc(Sc3ccccc3)cc2N1CCCS(=O)(=O)O)=C\c1sc2ccc(OC)cc2[n+]1CC(=O)NS(C)(=O)=O. The Morgan fingerprint density at radius 1 is 1.09 bits per heavy atom. The molecule has 248 valence electrons. The molecule has 0 saturated carbocycles. The molecule has 47 heavy (non-hydrogen) atoms. The van der Waals surface area contributed by atoms with Gasteiger partial charge in [0.2, 0.25) is 28.0 Å². The number of rotatable bonds is 13. The molecule has 11 nitrogen and oxygen atoms in total. The minimum absolute atomic E-state index is 0.161. The number of fused-ring (bicyclic) bond motifs is 2. The molecule has 2 N–H and O–H groups in total. The molecule has 0 spiro atoms. The molecule has 1 aromatic heterocycles. The van der Waals surface area contributed by atoms with Crippen LogP contribution in [-0.4, -0.2) is 53.0 Å². The number of methoxy groups -OCH3 is 1. The number of aromatic nitrogens is 1. The quantitative estimate of drug-likeness (QED) is 0.139. The maximum absolute atomic E-state index is 12.7. The van der Waals surface area contributed by atoms with Gasteiger partial charge >= 0.3 is 0 Å². The highest BCUT2D eigenvalue weighted by molar-refractivity contribution is 7.99. The zero-order valence-corrected chi connectivity index (χ0v) is 29.1. The van der Waals surface area contributed by atoms with Crippen LogP contribution in [0, 0.1) is 0 Å². The van der Waals surface area contributed by atoms with Crippen molar-refractivity contribution in [1.82, 2.24) is 4.72 Å². The summed E-state index contributed by atoms with van der Waals surface area (Å²) in [5.74, 6) is 0.590. The number of carbonyl (C=O) groups is 1. The average Bonchev–Trinajstić information content (AvgIpc) is 3.51. The van der Waals surface area contributed by atoms with E-state index in [-0.39, 0.29) is 19.5 Å². The van der Waals surface area contributed by atoms with Gasteiger partial charge in [0, 0.05) is 28.5 Å². The number of carbonyl (C=O) groups excluding carboxylic acids is 1. The third-order valence-corrected chi connectivity index (χ3v) is 10.5. The lowest BCUT2D eigenvalue weighted by molar-refractivity contribution is -0.655. The van der Waals surface area contributed by atoms with E-state index in [4.69, 9.17) is 9.47 Å². The average molecular weight is 717 g/mol. The van der Waals surface area contributed by atoms with E-state index >= 15 is 0 Å². The number of thiazole rings is 1. The molecule has 2 heterocycles. The first-order valence-electron chi connectivity index (χ1n) is 14.5. The van der Waals surface area contributed by atoms with Crippen LogP contribution < -0.4 is 23.7 Å². The van der Waals surface area contributed by atoms with Crippen LogP contribution >= 0.6 is 23.1 Å². The molecule has 1 amide bonds. The van der Waals surface area contributed by atoms with E-state index in [1.165, 1.54) is 11.3 Å². The van der Waals surface area contributed by atoms with Gasteiger partial charge in [-0.15, -0.1) is 0 Å². The number of hydrogen-bond acceptors (Lipinski definition) is 10. The number of anilines is 1. The highest BCUT2D eigenvalue weighted by Crippen LogP contribution is 2.43. The summed E-state index contributed by atoms with van der Waals surface area (Å²) in [6.07, 6.45) is 5.44. The fourth-order valence-electron chi connectivity index (χ4n) is 4.94. The van der Waals surface area contributed by atoms with Gasteiger partial charge in [-0.05, 0) is 60.9 Å². The van der Waals surface area contributed by atoms with Gasteiger partial charge in [-0.25, -0.2) is 13.1 Å². The smallest absolute Gasteiger partial charge is 0.299 e. The fraction of sp³-hybridized carbons (Fsp3) is 0.250. The Balaban J connectivity index is 1.53. The molecule has 0 bridgehead atoms. The van der Waals surface area contributed by atoms with E-state index in [2.05, 4.69) is 0 Å². The highest BCUT2D eigenvalue weighted by Gasteiger charge is 2.28. The Labute approximate surface area is 282 Å². The second kappa shape index (κ2) is 14.5. The molecule has 0 fully saturated rings. The third kappa shape index (κ3) is 9.14. The predicted molar refractivity (Wildman–Crippen MR) is 184 cm³/mol. The van der Waals surface area contributed by atoms with Crippen LogP contribution in [0.15, 0.2) is 94.1 Å². The minimum Gasteiger partial charge on any atom is -0.497 e. The van der Waals surface area contributed by atoms with Crippen molar-refractivity contribution in [2.24, 2.45) is 0 Å². The number of allylic oxidation sites excluding steroid dienone is 2. The van der Waals surface area contributed by atoms with Gasteiger partial charge in [0.15, 0.2) is 5.75 Å². The summed E-state index contributed by atoms with van der Waals surface area (Å²) < 4.78 is 72.3. The molecule has 0 unspecified atom stereocenters. The molecule has 0 saturated heterocycles. The maximum Gasteiger partial charge on any atom is 0.299 e. The Hall–Kier alpha value is -3.89. The topological polar surface area (TPSA) is 143 Å². The Bertz CT molecular complexity index is 2080. The number of nitrogens with zero attached hydrogens (tertiary/aromatic N) is 2. The molecule has 0 aliphatic carbocycles. The van der Waals surface area contributed by atoms with Crippen molar-refractivity contribution >= 4 is 71.1 Å². The van der Waals surface area contributed by atoms with Gasteiger partial charge in [0.25, 0.3) is 21.0 Å². The van der Waals surface area contributed by atoms with E-state index < -0.39 is 31.8 Å². The Morgan fingerprint density at radius 2 is 1.85 bits per heavy atom. The van der Waals surface area contributed by atoms with Gasteiger partial charge in [-0.2, -0.15) is 13.0 Å². The van der Waals surface area contributed by atoms with Gasteiger partial charge in [0.1, 0.15) is 10.4 Å². The second-order valence-corrected chi connectivity index (χ2v) is 16.2. The van der Waals surface area contributed by atoms with Crippen LogP contribution in [-0.2, 0) is 31.5 Å². The van der Waals surface area contributed by atoms with Crippen LogP contribution in [0.25, 0.3) is 16.3 Å². The summed E-state index contributed by atoms with van der Waals surface area (Å²) in [7, 11) is -6.37. The Morgan fingerprint density at radius 3 is 2.53 bits per heavy atom. The summed E-state index contributed by atoms with van der Waals surface area (Å²) in [5, 5.41) is 0.695. The number of hydrogen-bond donors (Lipinski definition) is 2. The highest BCUT2D eigenvalue weighted by atomic mass is 32.2. The lowest BCUT2D eigenvalue weighted by atomic mass is 10.2. The van der Waals surface area contributed by atoms with Crippen molar-refractivity contribution < 1.29 is 40.2 Å². The summed E-state index contributed by atoms with van der Waals surface area (Å²) in [6, 6.07) is 21.2. The van der Waals surface area contributed by atoms with Gasteiger partial charge in [0.05, 0.1) is 30.9 Å². The molecule has 1 aliphatic heterocycles. The van der Waals surface area contributed by atoms with Crippen LogP contribution in [0.3, 0.4) is 0 Å². The summed E-state index contributed by atoms with van der Waals surface area (Å²) in [6.45, 7) is 1.99. The number of nitrogens with one attached hydrogen (secondary N) is 1. The monoisotopic (exact) mass is 716 g/mol. The summed E-state index contributed by atoms with van der Waals surface area (Å²) >= 11 is 3.02. The number of ether oxygens (including phenoxy) is 2. The minimum atomic E-state index is -4.16. The van der Waals surface area contributed by atoms with E-state index in [1.54, 1.807) is 29.5 Å². The van der Waals surface area contributed by atoms with Gasteiger partial charge in [-0.3, -0.25) is 9.35 Å². The standard InChI is InChI=1S/C32H33N3O8S4/c1-4-22(18-32-35(21-30(36)33-46(3,37)38)27-19-23(42-2)11-14-29(27)45-32)17-31-34(15-8-16-47(39,40)41)26-20-25(12-13-28(26)43-31)44-24-9-6-5-7-10-24/h5-7,9-14,17-20H,4,8,15-16,21H2,1-3H3,(H-,33,36,39,40,41)/p+1. The predicted octanol–water partition coefficient (Wildman–Crippen LogP) is 5.24.